The fourth-order valence-corrected chi connectivity index (χ4v) is 4.94. The van der Waals surface area contributed by atoms with Gasteiger partial charge in [0, 0.05) is 11.6 Å². The fraction of sp³-hybridized carbons (Fsp3) is 0.500. The monoisotopic (exact) mass is 488 g/mol. The molecule has 184 valence electrons. The summed E-state index contributed by atoms with van der Waals surface area (Å²) < 4.78 is 23.9. The minimum absolute atomic E-state index is 0.0113. The van der Waals surface area contributed by atoms with Crippen molar-refractivity contribution in [2.45, 2.75) is 71.0 Å². The second-order valence-electron chi connectivity index (χ2n) is 9.85. The van der Waals surface area contributed by atoms with Crippen molar-refractivity contribution in [3.8, 4) is 0 Å². The van der Waals surface area contributed by atoms with Crippen molar-refractivity contribution in [3.63, 3.8) is 0 Å². The van der Waals surface area contributed by atoms with Crippen LogP contribution in [0.2, 0.25) is 0 Å². The topological polar surface area (TPSA) is 130 Å². The molecule has 0 spiro atoms. The Labute approximate surface area is 200 Å². The minimum atomic E-state index is -3.34. The Morgan fingerprint density at radius 2 is 1.94 bits per heavy atom. The Bertz CT molecular complexity index is 1200. The second kappa shape index (κ2) is 9.32. The van der Waals surface area contributed by atoms with Gasteiger partial charge in [-0.2, -0.15) is 0 Å². The van der Waals surface area contributed by atoms with E-state index in [0.717, 1.165) is 5.56 Å². The first-order valence-electron chi connectivity index (χ1n) is 11.3. The van der Waals surface area contributed by atoms with E-state index in [2.05, 4.69) is 10.3 Å². The maximum Gasteiger partial charge on any atom is 0.408 e. The van der Waals surface area contributed by atoms with E-state index < -0.39 is 21.3 Å². The molecule has 0 aliphatic carbocycles. The molecule has 0 saturated carbocycles. The summed E-state index contributed by atoms with van der Waals surface area (Å²) in [6, 6.07) is 4.44. The van der Waals surface area contributed by atoms with E-state index in [-0.39, 0.29) is 41.6 Å². The van der Waals surface area contributed by atoms with Gasteiger partial charge in [0.2, 0.25) is 0 Å². The molecule has 2 amide bonds. The number of fused-ring (bicyclic) bond motifs is 1. The normalized spacial score (nSPS) is 16.0. The highest BCUT2D eigenvalue weighted by atomic mass is 32.2. The second-order valence-corrected chi connectivity index (χ2v) is 12.1. The van der Waals surface area contributed by atoms with Crippen LogP contribution in [0, 0.1) is 5.92 Å². The molecular weight excluding hydrogens is 456 g/mol. The van der Waals surface area contributed by atoms with Gasteiger partial charge in [0.1, 0.15) is 0 Å². The Kier molecular flexibility index (Phi) is 7.02. The van der Waals surface area contributed by atoms with Crippen LogP contribution < -0.4 is 5.32 Å². The Morgan fingerprint density at radius 1 is 1.26 bits per heavy atom. The number of rotatable bonds is 6. The lowest BCUT2D eigenvalue weighted by Crippen LogP contribution is -2.31. The lowest BCUT2D eigenvalue weighted by atomic mass is 9.86. The average molecular weight is 489 g/mol. The molecule has 2 N–H and O–H groups in total. The number of hydrogen-bond donors (Lipinski definition) is 2. The van der Waals surface area contributed by atoms with Crippen LogP contribution in [0.5, 0.6) is 0 Å². The van der Waals surface area contributed by atoms with Crippen LogP contribution in [0.1, 0.15) is 80.6 Å². The maximum atomic E-state index is 13.2. The van der Waals surface area contributed by atoms with E-state index in [4.69, 9.17) is 4.98 Å². The van der Waals surface area contributed by atoms with E-state index >= 15 is 0 Å². The third-order valence-electron chi connectivity index (χ3n) is 5.89. The number of carbonyl (C=O) groups is 2. The molecule has 1 aliphatic heterocycles. The summed E-state index contributed by atoms with van der Waals surface area (Å²) in [5.41, 5.74) is 2.49. The zero-order valence-electron chi connectivity index (χ0n) is 20.4. The number of carbonyl (C=O) groups excluding carboxylic acids is 1. The molecule has 1 atom stereocenters. The first-order valence-corrected chi connectivity index (χ1v) is 12.9. The summed E-state index contributed by atoms with van der Waals surface area (Å²) in [5, 5.41) is 12.5. The van der Waals surface area contributed by atoms with Gasteiger partial charge < -0.3 is 10.4 Å². The van der Waals surface area contributed by atoms with Gasteiger partial charge in [-0.1, -0.05) is 41.5 Å². The fourth-order valence-electron chi connectivity index (χ4n) is 4.12. The summed E-state index contributed by atoms with van der Waals surface area (Å²) in [7, 11) is -3.34. The molecule has 0 aromatic carbocycles. The molecule has 34 heavy (non-hydrogen) atoms. The summed E-state index contributed by atoms with van der Waals surface area (Å²) in [6.07, 6.45) is 0.282. The third-order valence-corrected chi connectivity index (χ3v) is 7.61. The molecule has 1 unspecified atom stereocenters. The van der Waals surface area contributed by atoms with Crippen molar-refractivity contribution >= 4 is 21.8 Å². The van der Waals surface area contributed by atoms with Crippen LogP contribution in [0.3, 0.4) is 0 Å². The third kappa shape index (κ3) is 5.06. The molecule has 1 aliphatic rings. The molecule has 0 bridgehead atoms. The van der Waals surface area contributed by atoms with Gasteiger partial charge in [-0.25, -0.2) is 13.2 Å². The van der Waals surface area contributed by atoms with Crippen LogP contribution in [0.15, 0.2) is 29.3 Å². The van der Waals surface area contributed by atoms with Gasteiger partial charge in [-0.05, 0) is 29.7 Å². The van der Waals surface area contributed by atoms with Crippen molar-refractivity contribution in [1.82, 2.24) is 20.2 Å². The largest absolute Gasteiger partial charge is 0.465 e. The van der Waals surface area contributed by atoms with Crippen molar-refractivity contribution in [3.05, 3.63) is 52.6 Å². The zero-order valence-corrected chi connectivity index (χ0v) is 21.2. The highest BCUT2D eigenvalue weighted by Crippen LogP contribution is 2.40. The summed E-state index contributed by atoms with van der Waals surface area (Å²) in [5.74, 6) is -0.326. The highest BCUT2D eigenvalue weighted by molar-refractivity contribution is 7.91. The Morgan fingerprint density at radius 3 is 2.44 bits per heavy atom. The molecule has 10 heteroatoms. The minimum Gasteiger partial charge on any atom is -0.465 e. The molecule has 0 saturated heterocycles. The molecule has 0 fully saturated rings. The van der Waals surface area contributed by atoms with Gasteiger partial charge >= 0.3 is 6.09 Å². The van der Waals surface area contributed by atoms with Crippen LogP contribution >= 0.6 is 0 Å². The Balaban J connectivity index is 1.90. The Hall–Kier alpha value is -3.01. The summed E-state index contributed by atoms with van der Waals surface area (Å²) in [4.78, 5) is 35.5. The van der Waals surface area contributed by atoms with E-state index in [1.165, 1.54) is 17.2 Å². The lowest BCUT2D eigenvalue weighted by Gasteiger charge is -2.26. The number of amides is 2. The summed E-state index contributed by atoms with van der Waals surface area (Å²) in [6.45, 7) is 11.7. The summed E-state index contributed by atoms with van der Waals surface area (Å²) >= 11 is 0. The van der Waals surface area contributed by atoms with Crippen molar-refractivity contribution in [2.75, 3.05) is 5.75 Å². The molecule has 3 rings (SSSR count). The number of aromatic nitrogens is 2. The number of nitrogens with one attached hydrogen (secondary N) is 1. The van der Waals surface area contributed by atoms with Gasteiger partial charge in [0.15, 0.2) is 9.84 Å². The zero-order chi connectivity index (χ0) is 25.4. The van der Waals surface area contributed by atoms with Crippen LogP contribution in [-0.4, -0.2) is 46.1 Å². The van der Waals surface area contributed by atoms with Gasteiger partial charge in [0.05, 0.1) is 52.4 Å². The molecule has 2 aromatic heterocycles. The van der Waals surface area contributed by atoms with Gasteiger partial charge in [-0.3, -0.25) is 19.7 Å². The van der Waals surface area contributed by atoms with Gasteiger partial charge in [0.25, 0.3) is 5.91 Å². The maximum absolute atomic E-state index is 13.2. The predicted octanol–water partition coefficient (Wildman–Crippen LogP) is 3.69. The molecular formula is C24H32N4O5S. The molecule has 9 nitrogen and oxygen atoms in total. The van der Waals surface area contributed by atoms with Crippen molar-refractivity contribution in [1.29, 1.82) is 0 Å². The van der Waals surface area contributed by atoms with Crippen LogP contribution in [-0.2, 0) is 28.3 Å². The lowest BCUT2D eigenvalue weighted by molar-refractivity contribution is 0.0947. The van der Waals surface area contributed by atoms with E-state index in [1.54, 1.807) is 19.1 Å². The van der Waals surface area contributed by atoms with Crippen LogP contribution in [0.4, 0.5) is 4.79 Å². The first-order chi connectivity index (χ1) is 15.8. The number of sulfone groups is 1. The number of pyridine rings is 2. The smallest absolute Gasteiger partial charge is 0.408 e. The number of nitrogens with zero attached hydrogens (tertiary/aromatic N) is 3. The first kappa shape index (κ1) is 25.6. The predicted molar refractivity (Wildman–Crippen MR) is 127 cm³/mol. The van der Waals surface area contributed by atoms with Gasteiger partial charge in [-0.15, -0.1) is 0 Å². The van der Waals surface area contributed by atoms with Crippen molar-refractivity contribution < 1.29 is 23.1 Å². The SMILES string of the molecule is CCS(=O)(=O)c1ccc(CNC(=O)c2cc3c(nc2C(C)(C)C)C(C(C)C)N(C(=O)O)C3)nc1. The standard InChI is InChI=1S/C24H32N4O5S/c1-7-34(32,33)17-9-8-16(25-12-17)11-26-22(29)18-10-15-13-28(23(30)31)20(14(2)3)19(15)27-21(18)24(4,5)6/h8-10,12,14,20H,7,11,13H2,1-6H3,(H,26,29)(H,30,31). The van der Waals surface area contributed by atoms with E-state index in [0.29, 0.717) is 22.6 Å². The number of carboxylic acid groups (broad SMARTS) is 1. The molecule has 2 aromatic rings. The van der Waals surface area contributed by atoms with Crippen molar-refractivity contribution in [2.24, 2.45) is 5.92 Å². The highest BCUT2D eigenvalue weighted by Gasteiger charge is 2.39. The molecule has 0 radical (unpaired) electrons. The van der Waals surface area contributed by atoms with Crippen LogP contribution in [0.25, 0.3) is 0 Å². The quantitative estimate of drug-likeness (QED) is 0.634. The number of hydrogen-bond acceptors (Lipinski definition) is 6. The average Bonchev–Trinajstić information content (AvgIpc) is 3.15. The molecule has 3 heterocycles. The van der Waals surface area contributed by atoms with E-state index in [9.17, 15) is 23.1 Å². The van der Waals surface area contributed by atoms with E-state index in [1.807, 2.05) is 34.6 Å².